The number of nitrogens with one attached hydrogen (secondary N) is 3. The van der Waals surface area contributed by atoms with E-state index in [0.29, 0.717) is 22.2 Å². The molecule has 0 aliphatic rings. The molecule has 3 N–H and O–H groups in total. The molecule has 0 atom stereocenters. The molecule has 1 aromatic carbocycles. The summed E-state index contributed by atoms with van der Waals surface area (Å²) in [6, 6.07) is 10.8. The lowest BCUT2D eigenvalue weighted by atomic mass is 10.2. The lowest BCUT2D eigenvalue weighted by Gasteiger charge is -2.06. The van der Waals surface area contributed by atoms with Crippen LogP contribution in [-0.4, -0.2) is 17.2 Å². The summed E-state index contributed by atoms with van der Waals surface area (Å²) in [4.78, 5) is 4.14. The van der Waals surface area contributed by atoms with E-state index in [1.54, 1.807) is 24.4 Å². The quantitative estimate of drug-likeness (QED) is 0.460. The Morgan fingerprint density at radius 3 is 2.62 bits per heavy atom. The first-order valence-electron chi connectivity index (χ1n) is 6.12. The molecule has 0 aliphatic heterocycles. The highest BCUT2D eigenvalue weighted by Crippen LogP contribution is 2.21. The summed E-state index contributed by atoms with van der Waals surface area (Å²) in [7, 11) is 0. The standard InChI is InChI=1S/C14H13Cl2N5/c15-12-5-3-6-13(16)11(12)9-20-21-14(17)19-8-10-4-1-2-7-18-10/h1-7,9H,8H2,(H3,17,19,21). The van der Waals surface area contributed by atoms with Gasteiger partial charge in [-0.2, -0.15) is 5.10 Å². The van der Waals surface area contributed by atoms with Crippen molar-refractivity contribution in [3.63, 3.8) is 0 Å². The van der Waals surface area contributed by atoms with Gasteiger partial charge in [0, 0.05) is 11.8 Å². The molecule has 0 unspecified atom stereocenters. The van der Waals surface area contributed by atoms with E-state index in [4.69, 9.17) is 28.6 Å². The second-order valence-electron chi connectivity index (χ2n) is 4.05. The molecule has 0 aliphatic carbocycles. The van der Waals surface area contributed by atoms with Crippen molar-refractivity contribution in [3.05, 3.63) is 63.9 Å². The Labute approximate surface area is 132 Å². The second-order valence-corrected chi connectivity index (χ2v) is 4.87. The molecule has 0 radical (unpaired) electrons. The van der Waals surface area contributed by atoms with E-state index < -0.39 is 0 Å². The number of hydrogen-bond donors (Lipinski definition) is 3. The van der Waals surface area contributed by atoms with E-state index in [0.717, 1.165) is 5.69 Å². The van der Waals surface area contributed by atoms with Crippen LogP contribution in [0.25, 0.3) is 0 Å². The van der Waals surface area contributed by atoms with Crippen LogP contribution in [0.3, 0.4) is 0 Å². The third-order valence-electron chi connectivity index (χ3n) is 2.54. The van der Waals surface area contributed by atoms with Gasteiger partial charge in [0.05, 0.1) is 28.5 Å². The Bertz CT molecular complexity index is 623. The first kappa shape index (κ1) is 15.3. The molecule has 0 amide bonds. The van der Waals surface area contributed by atoms with Gasteiger partial charge >= 0.3 is 0 Å². The smallest absolute Gasteiger partial charge is 0.209 e. The van der Waals surface area contributed by atoms with Crippen molar-refractivity contribution in [2.75, 3.05) is 0 Å². The number of hydrazone groups is 1. The Morgan fingerprint density at radius 1 is 1.19 bits per heavy atom. The van der Waals surface area contributed by atoms with E-state index in [1.165, 1.54) is 6.21 Å². The van der Waals surface area contributed by atoms with Gasteiger partial charge in [-0.05, 0) is 24.3 Å². The highest BCUT2D eigenvalue weighted by molar-refractivity contribution is 6.38. The minimum atomic E-state index is 0.0556. The predicted octanol–water partition coefficient (Wildman–Crippen LogP) is 3.04. The summed E-state index contributed by atoms with van der Waals surface area (Å²) in [6.45, 7) is 0.440. The average molecular weight is 322 g/mol. The molecular weight excluding hydrogens is 309 g/mol. The molecular formula is C14H13Cl2N5. The lowest BCUT2D eigenvalue weighted by Crippen LogP contribution is -2.32. The molecule has 21 heavy (non-hydrogen) atoms. The third kappa shape index (κ3) is 4.73. The first-order chi connectivity index (χ1) is 10.2. The van der Waals surface area contributed by atoms with Crippen molar-refractivity contribution in [2.24, 2.45) is 5.10 Å². The molecule has 0 spiro atoms. The van der Waals surface area contributed by atoms with E-state index >= 15 is 0 Å². The topological polar surface area (TPSA) is 73.2 Å². The summed E-state index contributed by atoms with van der Waals surface area (Å²) < 4.78 is 0. The highest BCUT2D eigenvalue weighted by atomic mass is 35.5. The van der Waals surface area contributed by atoms with E-state index in [1.807, 2.05) is 18.2 Å². The van der Waals surface area contributed by atoms with Gasteiger partial charge in [-0.25, -0.2) is 5.43 Å². The van der Waals surface area contributed by atoms with E-state index in [9.17, 15) is 0 Å². The molecule has 2 rings (SSSR count). The van der Waals surface area contributed by atoms with Crippen LogP contribution >= 0.6 is 23.2 Å². The molecule has 5 nitrogen and oxygen atoms in total. The summed E-state index contributed by atoms with van der Waals surface area (Å²) in [5.74, 6) is 0.0556. The molecule has 7 heteroatoms. The first-order valence-corrected chi connectivity index (χ1v) is 6.88. The fourth-order valence-corrected chi connectivity index (χ4v) is 2.01. The van der Waals surface area contributed by atoms with Crippen LogP contribution in [0.5, 0.6) is 0 Å². The number of halogens is 2. The van der Waals surface area contributed by atoms with Gasteiger partial charge in [-0.1, -0.05) is 35.3 Å². The number of guanidine groups is 1. The van der Waals surface area contributed by atoms with Crippen LogP contribution in [0.1, 0.15) is 11.3 Å². The van der Waals surface area contributed by atoms with Gasteiger partial charge in [0.2, 0.25) is 5.96 Å². The number of nitrogens with zero attached hydrogens (tertiary/aromatic N) is 2. The van der Waals surface area contributed by atoms with Crippen molar-refractivity contribution in [1.29, 1.82) is 5.41 Å². The largest absolute Gasteiger partial charge is 0.349 e. The fraction of sp³-hybridized carbons (Fsp3) is 0.0714. The van der Waals surface area contributed by atoms with Crippen molar-refractivity contribution < 1.29 is 0 Å². The average Bonchev–Trinajstić information content (AvgIpc) is 2.49. The zero-order valence-electron chi connectivity index (χ0n) is 11.0. The molecule has 1 heterocycles. The number of benzene rings is 1. The molecule has 0 saturated carbocycles. The maximum absolute atomic E-state index is 7.68. The van der Waals surface area contributed by atoms with Crippen molar-refractivity contribution in [2.45, 2.75) is 6.54 Å². The van der Waals surface area contributed by atoms with Crippen LogP contribution in [0.4, 0.5) is 0 Å². The number of rotatable bonds is 4. The minimum absolute atomic E-state index is 0.0556. The molecule has 2 aromatic rings. The number of pyridine rings is 1. The highest BCUT2D eigenvalue weighted by Gasteiger charge is 2.02. The summed E-state index contributed by atoms with van der Waals surface area (Å²) in [5, 5.41) is 15.5. The zero-order valence-corrected chi connectivity index (χ0v) is 12.5. The zero-order chi connectivity index (χ0) is 15.1. The second kappa shape index (κ2) is 7.61. The Balaban J connectivity index is 1.85. The third-order valence-corrected chi connectivity index (χ3v) is 3.20. The van der Waals surface area contributed by atoms with Crippen molar-refractivity contribution >= 4 is 35.4 Å². The normalized spacial score (nSPS) is 10.6. The molecule has 0 fully saturated rings. The molecule has 0 bridgehead atoms. The summed E-state index contributed by atoms with van der Waals surface area (Å²) in [6.07, 6.45) is 3.17. The van der Waals surface area contributed by atoms with E-state index in [-0.39, 0.29) is 5.96 Å². The number of hydrogen-bond acceptors (Lipinski definition) is 3. The maximum Gasteiger partial charge on any atom is 0.209 e. The van der Waals surface area contributed by atoms with Gasteiger partial charge in [0.15, 0.2) is 0 Å². The Morgan fingerprint density at radius 2 is 1.95 bits per heavy atom. The van der Waals surface area contributed by atoms with Gasteiger partial charge in [0.25, 0.3) is 0 Å². The van der Waals surface area contributed by atoms with Crippen LogP contribution in [0.15, 0.2) is 47.7 Å². The fourth-order valence-electron chi connectivity index (χ4n) is 1.52. The van der Waals surface area contributed by atoms with Crippen molar-refractivity contribution in [3.8, 4) is 0 Å². The van der Waals surface area contributed by atoms with Crippen molar-refractivity contribution in [1.82, 2.24) is 15.7 Å². The molecule has 0 saturated heterocycles. The van der Waals surface area contributed by atoms with Gasteiger partial charge < -0.3 is 5.32 Å². The maximum atomic E-state index is 7.68. The van der Waals surface area contributed by atoms with Crippen LogP contribution in [-0.2, 0) is 6.54 Å². The van der Waals surface area contributed by atoms with Gasteiger partial charge in [-0.15, -0.1) is 0 Å². The SMILES string of the molecule is N=C(NCc1ccccn1)NN=Cc1c(Cl)cccc1Cl. The van der Waals surface area contributed by atoms with Gasteiger partial charge in [-0.3, -0.25) is 10.4 Å². The Kier molecular flexibility index (Phi) is 5.54. The lowest BCUT2D eigenvalue weighted by molar-refractivity contribution is 0.815. The molecule has 108 valence electrons. The van der Waals surface area contributed by atoms with Crippen LogP contribution in [0.2, 0.25) is 10.0 Å². The predicted molar refractivity (Wildman–Crippen MR) is 86.0 cm³/mol. The summed E-state index contributed by atoms with van der Waals surface area (Å²) in [5.41, 5.74) is 3.99. The molecule has 1 aromatic heterocycles. The number of aromatic nitrogens is 1. The van der Waals surface area contributed by atoms with E-state index in [2.05, 4.69) is 20.8 Å². The Hall–Kier alpha value is -2.11. The van der Waals surface area contributed by atoms with Crippen LogP contribution in [0, 0.1) is 5.41 Å². The van der Waals surface area contributed by atoms with Gasteiger partial charge in [0.1, 0.15) is 0 Å². The van der Waals surface area contributed by atoms with Crippen LogP contribution < -0.4 is 10.7 Å². The monoisotopic (exact) mass is 321 g/mol. The minimum Gasteiger partial charge on any atom is -0.349 e. The summed E-state index contributed by atoms with van der Waals surface area (Å²) >= 11 is 12.0.